The molecule has 0 amide bonds. The number of rotatable bonds is 5. The molecule has 0 N–H and O–H groups in total. The zero-order valence-electron chi connectivity index (χ0n) is 9.24. The molecule has 1 aromatic heterocycles. The van der Waals surface area contributed by atoms with Gasteiger partial charge in [0.05, 0.1) is 6.33 Å². The number of hydrogen-bond acceptors (Lipinski definition) is 1. The van der Waals surface area contributed by atoms with Gasteiger partial charge in [0.2, 0.25) is 0 Å². The highest BCUT2D eigenvalue weighted by Crippen LogP contribution is 2.37. The Labute approximate surface area is 86.3 Å². The van der Waals surface area contributed by atoms with Crippen molar-refractivity contribution in [1.82, 2.24) is 9.55 Å². The fourth-order valence-electron chi connectivity index (χ4n) is 2.01. The lowest BCUT2D eigenvalue weighted by Crippen LogP contribution is -2.03. The molecule has 0 bridgehead atoms. The van der Waals surface area contributed by atoms with Crippen LogP contribution >= 0.6 is 0 Å². The van der Waals surface area contributed by atoms with Gasteiger partial charge >= 0.3 is 0 Å². The van der Waals surface area contributed by atoms with E-state index in [1.54, 1.807) is 0 Å². The van der Waals surface area contributed by atoms with Crippen molar-refractivity contribution in [3.63, 3.8) is 0 Å². The van der Waals surface area contributed by atoms with Crippen LogP contribution in [-0.2, 0) is 0 Å². The second-order valence-electron chi connectivity index (χ2n) is 4.50. The van der Waals surface area contributed by atoms with Crippen molar-refractivity contribution >= 4 is 0 Å². The van der Waals surface area contributed by atoms with Crippen molar-refractivity contribution in [2.45, 2.75) is 57.9 Å². The Morgan fingerprint density at radius 2 is 2.36 bits per heavy atom. The first-order chi connectivity index (χ1) is 6.83. The Bertz CT molecular complexity index is 286. The van der Waals surface area contributed by atoms with Crippen molar-refractivity contribution in [2.75, 3.05) is 0 Å². The molecule has 2 nitrogen and oxygen atoms in total. The van der Waals surface area contributed by atoms with Gasteiger partial charge in [-0.15, -0.1) is 0 Å². The molecule has 2 rings (SSSR count). The van der Waals surface area contributed by atoms with Gasteiger partial charge in [-0.3, -0.25) is 0 Å². The molecule has 1 aliphatic carbocycles. The summed E-state index contributed by atoms with van der Waals surface area (Å²) < 4.78 is 2.39. The average Bonchev–Trinajstić information content (AvgIpc) is 2.93. The lowest BCUT2D eigenvalue weighted by Gasteiger charge is -2.13. The topological polar surface area (TPSA) is 17.8 Å². The minimum absolute atomic E-state index is 0.679. The lowest BCUT2D eigenvalue weighted by molar-refractivity contribution is 0.570. The molecule has 2 heteroatoms. The predicted molar refractivity (Wildman–Crippen MR) is 58.4 cm³/mol. The Hall–Kier alpha value is -0.790. The van der Waals surface area contributed by atoms with Crippen LogP contribution in [0.1, 0.15) is 63.6 Å². The first-order valence-electron chi connectivity index (χ1n) is 5.84. The minimum atomic E-state index is 0.679. The van der Waals surface area contributed by atoms with Gasteiger partial charge < -0.3 is 4.57 Å². The molecule has 0 aromatic carbocycles. The maximum Gasteiger partial charge on any atom is 0.0950 e. The Morgan fingerprint density at radius 3 is 3.00 bits per heavy atom. The first-order valence-corrected chi connectivity index (χ1v) is 5.84. The summed E-state index contributed by atoms with van der Waals surface area (Å²) in [6.07, 6.45) is 10.7. The van der Waals surface area contributed by atoms with Crippen LogP contribution in [0.3, 0.4) is 0 Å². The predicted octanol–water partition coefficient (Wildman–Crippen LogP) is 3.51. The fourth-order valence-corrected chi connectivity index (χ4v) is 2.01. The monoisotopic (exact) mass is 192 g/mol. The Balaban J connectivity index is 2.02. The third-order valence-corrected chi connectivity index (χ3v) is 3.13. The van der Waals surface area contributed by atoms with Crippen LogP contribution in [0, 0.1) is 0 Å². The molecule has 1 unspecified atom stereocenters. The molecule has 1 saturated carbocycles. The average molecular weight is 192 g/mol. The number of hydrogen-bond donors (Lipinski definition) is 0. The molecule has 1 atom stereocenters. The number of aromatic nitrogens is 2. The summed E-state index contributed by atoms with van der Waals surface area (Å²) in [5, 5.41) is 0. The van der Waals surface area contributed by atoms with E-state index in [0.717, 1.165) is 6.04 Å². The Morgan fingerprint density at radius 1 is 1.57 bits per heavy atom. The largest absolute Gasteiger partial charge is 0.331 e. The lowest BCUT2D eigenvalue weighted by atomic mass is 10.0. The molecule has 1 heterocycles. The van der Waals surface area contributed by atoms with Gasteiger partial charge in [-0.05, 0) is 25.2 Å². The number of unbranched alkanes of at least 4 members (excludes halogenated alkanes) is 1. The van der Waals surface area contributed by atoms with Gasteiger partial charge in [0.25, 0.3) is 0 Å². The van der Waals surface area contributed by atoms with Crippen LogP contribution in [-0.4, -0.2) is 9.55 Å². The van der Waals surface area contributed by atoms with E-state index in [1.165, 1.54) is 37.8 Å². The first kappa shape index (κ1) is 9.75. The molecular formula is C12H20N2. The molecule has 14 heavy (non-hydrogen) atoms. The van der Waals surface area contributed by atoms with Gasteiger partial charge in [-0.25, -0.2) is 4.98 Å². The zero-order valence-corrected chi connectivity index (χ0v) is 9.24. The van der Waals surface area contributed by atoms with Crippen LogP contribution in [0.15, 0.2) is 12.5 Å². The van der Waals surface area contributed by atoms with Crippen molar-refractivity contribution < 1.29 is 0 Å². The van der Waals surface area contributed by atoms with Gasteiger partial charge in [0.15, 0.2) is 0 Å². The molecule has 0 spiro atoms. The van der Waals surface area contributed by atoms with Crippen LogP contribution in [0.4, 0.5) is 0 Å². The summed E-state index contributed by atoms with van der Waals surface area (Å²) in [5.74, 6) is 0.679. The van der Waals surface area contributed by atoms with Crippen LogP contribution in [0.2, 0.25) is 0 Å². The second-order valence-corrected chi connectivity index (χ2v) is 4.50. The molecule has 1 aromatic rings. The number of imidazole rings is 1. The summed E-state index contributed by atoms with van der Waals surface area (Å²) in [6, 6.07) is 0.775. The maximum atomic E-state index is 4.28. The smallest absolute Gasteiger partial charge is 0.0950 e. The fraction of sp³-hybridized carbons (Fsp3) is 0.750. The van der Waals surface area contributed by atoms with Gasteiger partial charge in [0.1, 0.15) is 0 Å². The molecular weight excluding hydrogens is 172 g/mol. The highest BCUT2D eigenvalue weighted by atomic mass is 15.1. The molecule has 1 aliphatic rings. The van der Waals surface area contributed by atoms with Crippen molar-refractivity contribution in [3.8, 4) is 0 Å². The summed E-state index contributed by atoms with van der Waals surface area (Å²) >= 11 is 0. The van der Waals surface area contributed by atoms with E-state index in [2.05, 4.69) is 29.6 Å². The molecule has 0 radical (unpaired) electrons. The van der Waals surface area contributed by atoms with E-state index >= 15 is 0 Å². The van der Waals surface area contributed by atoms with E-state index in [0.29, 0.717) is 5.92 Å². The molecule has 0 aliphatic heterocycles. The van der Waals surface area contributed by atoms with E-state index in [9.17, 15) is 0 Å². The molecule has 78 valence electrons. The summed E-state index contributed by atoms with van der Waals surface area (Å²) in [6.45, 7) is 4.58. The van der Waals surface area contributed by atoms with Crippen molar-refractivity contribution in [1.29, 1.82) is 0 Å². The summed E-state index contributed by atoms with van der Waals surface area (Å²) in [4.78, 5) is 4.28. The standard InChI is InChI=1S/C12H20N2/c1-3-4-5-10(2)12-8-13-9-14(12)11-6-7-11/h8-11H,3-7H2,1-2H3. The minimum Gasteiger partial charge on any atom is -0.331 e. The zero-order chi connectivity index (χ0) is 9.97. The van der Waals surface area contributed by atoms with Crippen LogP contribution in [0.25, 0.3) is 0 Å². The number of nitrogens with zero attached hydrogens (tertiary/aromatic N) is 2. The third kappa shape index (κ3) is 1.99. The quantitative estimate of drug-likeness (QED) is 0.698. The van der Waals surface area contributed by atoms with Gasteiger partial charge in [0, 0.05) is 17.9 Å². The highest BCUT2D eigenvalue weighted by molar-refractivity contribution is 5.08. The summed E-state index contributed by atoms with van der Waals surface area (Å²) in [7, 11) is 0. The Kier molecular flexibility index (Phi) is 2.90. The highest BCUT2D eigenvalue weighted by Gasteiger charge is 2.26. The van der Waals surface area contributed by atoms with Crippen molar-refractivity contribution in [2.24, 2.45) is 0 Å². The maximum absolute atomic E-state index is 4.28. The van der Waals surface area contributed by atoms with Crippen LogP contribution in [0.5, 0.6) is 0 Å². The van der Waals surface area contributed by atoms with Gasteiger partial charge in [-0.1, -0.05) is 26.7 Å². The SMILES string of the molecule is CCCCC(C)c1cncn1C1CC1. The normalized spacial score (nSPS) is 18.4. The molecule has 0 saturated heterocycles. The van der Waals surface area contributed by atoms with E-state index in [4.69, 9.17) is 0 Å². The van der Waals surface area contributed by atoms with E-state index in [-0.39, 0.29) is 0 Å². The van der Waals surface area contributed by atoms with E-state index < -0.39 is 0 Å². The van der Waals surface area contributed by atoms with Crippen molar-refractivity contribution in [3.05, 3.63) is 18.2 Å². The van der Waals surface area contributed by atoms with Gasteiger partial charge in [-0.2, -0.15) is 0 Å². The van der Waals surface area contributed by atoms with Crippen LogP contribution < -0.4 is 0 Å². The van der Waals surface area contributed by atoms with E-state index in [1.807, 2.05) is 6.33 Å². The second kappa shape index (κ2) is 4.16. The third-order valence-electron chi connectivity index (χ3n) is 3.13. The summed E-state index contributed by atoms with van der Waals surface area (Å²) in [5.41, 5.74) is 1.45. The molecule has 1 fully saturated rings.